The first-order valence-corrected chi connectivity index (χ1v) is 5.89. The highest BCUT2D eigenvalue weighted by molar-refractivity contribution is 5.93. The summed E-state index contributed by atoms with van der Waals surface area (Å²) in [6, 6.07) is 13.0. The second-order valence-electron chi connectivity index (χ2n) is 4.21. The minimum atomic E-state index is -0.197. The van der Waals surface area contributed by atoms with E-state index in [1.807, 2.05) is 37.3 Å². The van der Waals surface area contributed by atoms with E-state index in [-0.39, 0.29) is 5.91 Å². The lowest BCUT2D eigenvalue weighted by Gasteiger charge is -2.05. The molecule has 1 aromatic heterocycles. The number of amides is 1. The summed E-state index contributed by atoms with van der Waals surface area (Å²) in [6.07, 6.45) is 1.41. The van der Waals surface area contributed by atoms with E-state index in [0.29, 0.717) is 17.8 Å². The summed E-state index contributed by atoms with van der Waals surface area (Å²) < 4.78 is 0. The van der Waals surface area contributed by atoms with Crippen molar-refractivity contribution in [3.05, 3.63) is 65.0 Å². The molecule has 2 rings (SSSR count). The predicted octanol–water partition coefficient (Wildman–Crippen LogP) is 2.19. The number of nitriles is 1. The van der Waals surface area contributed by atoms with Crippen molar-refractivity contribution in [1.82, 2.24) is 10.3 Å². The number of aromatic nitrogens is 1. The number of nitrogens with one attached hydrogen (secondary N) is 1. The topological polar surface area (TPSA) is 65.8 Å². The van der Waals surface area contributed by atoms with Gasteiger partial charge in [0.05, 0.1) is 5.56 Å². The average Bonchev–Trinajstić information content (AvgIpc) is 2.46. The molecule has 0 aliphatic rings. The lowest BCUT2D eigenvalue weighted by atomic mass is 10.1. The van der Waals surface area contributed by atoms with Gasteiger partial charge in [-0.25, -0.2) is 4.98 Å². The maximum Gasteiger partial charge on any atom is 0.253 e. The molecular formula is C15H13N3O. The SMILES string of the molecule is Cc1ccc(CNC(=O)c2ccc(C#N)nc2)cc1. The first kappa shape index (κ1) is 12.8. The summed E-state index contributed by atoms with van der Waals surface area (Å²) in [6.45, 7) is 2.49. The van der Waals surface area contributed by atoms with Crippen LogP contribution in [0, 0.1) is 18.3 Å². The molecule has 0 spiro atoms. The Morgan fingerprint density at radius 1 is 1.26 bits per heavy atom. The Bertz CT molecular complexity index is 609. The van der Waals surface area contributed by atoms with E-state index in [2.05, 4.69) is 10.3 Å². The highest BCUT2D eigenvalue weighted by atomic mass is 16.1. The van der Waals surface area contributed by atoms with Gasteiger partial charge in [0.15, 0.2) is 0 Å². The summed E-state index contributed by atoms with van der Waals surface area (Å²) in [5.41, 5.74) is 2.98. The molecule has 4 nitrogen and oxygen atoms in total. The third-order valence-corrected chi connectivity index (χ3v) is 2.71. The van der Waals surface area contributed by atoms with Crippen LogP contribution in [0.2, 0.25) is 0 Å². The van der Waals surface area contributed by atoms with E-state index in [0.717, 1.165) is 5.56 Å². The van der Waals surface area contributed by atoms with Crippen molar-refractivity contribution < 1.29 is 4.79 Å². The van der Waals surface area contributed by atoms with Crippen LogP contribution in [0.5, 0.6) is 0 Å². The lowest BCUT2D eigenvalue weighted by molar-refractivity contribution is 0.0950. The van der Waals surface area contributed by atoms with Gasteiger partial charge >= 0.3 is 0 Å². The molecule has 2 aromatic rings. The molecule has 0 aliphatic carbocycles. The zero-order valence-electron chi connectivity index (χ0n) is 10.6. The van der Waals surface area contributed by atoms with Gasteiger partial charge in [-0.3, -0.25) is 4.79 Å². The van der Waals surface area contributed by atoms with Crippen molar-refractivity contribution in [2.45, 2.75) is 13.5 Å². The molecule has 1 N–H and O–H groups in total. The Morgan fingerprint density at radius 2 is 2.00 bits per heavy atom. The molecule has 1 amide bonds. The monoisotopic (exact) mass is 251 g/mol. The van der Waals surface area contributed by atoms with Gasteiger partial charge in [0.25, 0.3) is 5.91 Å². The Morgan fingerprint density at radius 3 is 2.58 bits per heavy atom. The fourth-order valence-electron chi connectivity index (χ4n) is 1.58. The van der Waals surface area contributed by atoms with E-state index in [4.69, 9.17) is 5.26 Å². The summed E-state index contributed by atoms with van der Waals surface area (Å²) in [4.78, 5) is 15.7. The van der Waals surface area contributed by atoms with Crippen LogP contribution in [0.4, 0.5) is 0 Å². The molecular weight excluding hydrogens is 238 g/mol. The summed E-state index contributed by atoms with van der Waals surface area (Å²) in [7, 11) is 0. The fourth-order valence-corrected chi connectivity index (χ4v) is 1.58. The number of carbonyl (C=O) groups is 1. The Kier molecular flexibility index (Phi) is 3.89. The minimum Gasteiger partial charge on any atom is -0.348 e. The highest BCUT2D eigenvalue weighted by Gasteiger charge is 2.05. The zero-order chi connectivity index (χ0) is 13.7. The zero-order valence-corrected chi connectivity index (χ0v) is 10.6. The molecule has 1 heterocycles. The Labute approximate surface area is 111 Å². The molecule has 1 aromatic carbocycles. The first-order valence-electron chi connectivity index (χ1n) is 5.89. The Balaban J connectivity index is 1.97. The molecule has 0 unspecified atom stereocenters. The van der Waals surface area contributed by atoms with Crippen LogP contribution >= 0.6 is 0 Å². The second-order valence-corrected chi connectivity index (χ2v) is 4.21. The first-order chi connectivity index (χ1) is 9.19. The number of aryl methyl sites for hydroxylation is 1. The van der Waals surface area contributed by atoms with Crippen LogP contribution in [-0.2, 0) is 6.54 Å². The van der Waals surface area contributed by atoms with Crippen LogP contribution in [0.3, 0.4) is 0 Å². The highest BCUT2D eigenvalue weighted by Crippen LogP contribution is 2.04. The minimum absolute atomic E-state index is 0.197. The van der Waals surface area contributed by atoms with Crippen molar-refractivity contribution in [2.75, 3.05) is 0 Å². The molecule has 4 heteroatoms. The summed E-state index contributed by atoms with van der Waals surface area (Å²) >= 11 is 0. The average molecular weight is 251 g/mol. The number of carbonyl (C=O) groups excluding carboxylic acids is 1. The number of pyridine rings is 1. The van der Waals surface area contributed by atoms with Gasteiger partial charge in [0.1, 0.15) is 11.8 Å². The molecule has 0 fully saturated rings. The summed E-state index contributed by atoms with van der Waals surface area (Å²) in [5.74, 6) is -0.197. The molecule has 94 valence electrons. The Hall–Kier alpha value is -2.67. The second kappa shape index (κ2) is 5.78. The van der Waals surface area contributed by atoms with E-state index < -0.39 is 0 Å². The number of rotatable bonds is 3. The number of benzene rings is 1. The predicted molar refractivity (Wildman–Crippen MR) is 71.3 cm³/mol. The van der Waals surface area contributed by atoms with Crippen molar-refractivity contribution in [3.63, 3.8) is 0 Å². The number of nitrogens with zero attached hydrogens (tertiary/aromatic N) is 2. The van der Waals surface area contributed by atoms with Crippen LogP contribution in [-0.4, -0.2) is 10.9 Å². The third-order valence-electron chi connectivity index (χ3n) is 2.71. The van der Waals surface area contributed by atoms with Crippen molar-refractivity contribution in [1.29, 1.82) is 5.26 Å². The molecule has 19 heavy (non-hydrogen) atoms. The smallest absolute Gasteiger partial charge is 0.253 e. The van der Waals surface area contributed by atoms with E-state index in [9.17, 15) is 4.79 Å². The van der Waals surface area contributed by atoms with Gasteiger partial charge < -0.3 is 5.32 Å². The maximum atomic E-state index is 11.9. The molecule has 0 saturated heterocycles. The molecule has 0 aliphatic heterocycles. The lowest BCUT2D eigenvalue weighted by Crippen LogP contribution is -2.22. The van der Waals surface area contributed by atoms with Crippen LogP contribution in [0.25, 0.3) is 0 Å². The van der Waals surface area contributed by atoms with Crippen LogP contribution < -0.4 is 5.32 Å². The fraction of sp³-hybridized carbons (Fsp3) is 0.133. The molecule has 0 saturated carbocycles. The largest absolute Gasteiger partial charge is 0.348 e. The van der Waals surface area contributed by atoms with Gasteiger partial charge in [-0.15, -0.1) is 0 Å². The number of hydrogen-bond acceptors (Lipinski definition) is 3. The molecule has 0 atom stereocenters. The third kappa shape index (κ3) is 3.39. The van der Waals surface area contributed by atoms with Gasteiger partial charge in [0, 0.05) is 12.7 Å². The molecule has 0 bridgehead atoms. The van der Waals surface area contributed by atoms with Crippen LogP contribution in [0.15, 0.2) is 42.6 Å². The van der Waals surface area contributed by atoms with Gasteiger partial charge in [-0.05, 0) is 24.6 Å². The summed E-state index contributed by atoms with van der Waals surface area (Å²) in [5, 5.41) is 11.4. The van der Waals surface area contributed by atoms with E-state index in [1.165, 1.54) is 17.8 Å². The van der Waals surface area contributed by atoms with E-state index >= 15 is 0 Å². The molecule has 0 radical (unpaired) electrons. The quantitative estimate of drug-likeness (QED) is 0.909. The standard InChI is InChI=1S/C15H13N3O/c1-11-2-4-12(5-3-11)9-18-15(19)13-6-7-14(8-16)17-10-13/h2-7,10H,9H2,1H3,(H,18,19). The van der Waals surface area contributed by atoms with Crippen molar-refractivity contribution in [3.8, 4) is 6.07 Å². The number of hydrogen-bond donors (Lipinski definition) is 1. The normalized spacial score (nSPS) is 9.68. The van der Waals surface area contributed by atoms with Crippen LogP contribution in [0.1, 0.15) is 27.2 Å². The van der Waals surface area contributed by atoms with Gasteiger partial charge in [-0.2, -0.15) is 5.26 Å². The maximum absolute atomic E-state index is 11.9. The van der Waals surface area contributed by atoms with Crippen molar-refractivity contribution in [2.24, 2.45) is 0 Å². The van der Waals surface area contributed by atoms with Gasteiger partial charge in [0.2, 0.25) is 0 Å². The van der Waals surface area contributed by atoms with Crippen molar-refractivity contribution >= 4 is 5.91 Å². The van der Waals surface area contributed by atoms with Gasteiger partial charge in [-0.1, -0.05) is 29.8 Å². The van der Waals surface area contributed by atoms with E-state index in [1.54, 1.807) is 6.07 Å².